The first kappa shape index (κ1) is 22.3. The van der Waals surface area contributed by atoms with E-state index >= 15 is 0 Å². The van der Waals surface area contributed by atoms with Crippen LogP contribution < -0.4 is 9.64 Å². The molecule has 1 aliphatic rings. The molecule has 0 saturated carbocycles. The highest BCUT2D eigenvalue weighted by atomic mass is 16.5. The van der Waals surface area contributed by atoms with Crippen molar-refractivity contribution in [3.8, 4) is 5.75 Å². The van der Waals surface area contributed by atoms with E-state index in [-0.39, 0.29) is 11.9 Å². The lowest BCUT2D eigenvalue weighted by molar-refractivity contribution is -0.143. The van der Waals surface area contributed by atoms with Crippen molar-refractivity contribution in [1.82, 2.24) is 0 Å². The Balaban J connectivity index is 1.57. The number of anilines is 1. The Kier molecular flexibility index (Phi) is 7.65. The zero-order chi connectivity index (χ0) is 22.2. The molecule has 0 bridgehead atoms. The van der Waals surface area contributed by atoms with E-state index in [4.69, 9.17) is 14.2 Å². The number of ether oxygens (including phenoxy) is 3. The number of methoxy groups -OCH3 is 1. The number of carbonyl (C=O) groups is 3. The van der Waals surface area contributed by atoms with Gasteiger partial charge in [-0.2, -0.15) is 0 Å². The summed E-state index contributed by atoms with van der Waals surface area (Å²) >= 11 is 0. The van der Waals surface area contributed by atoms with E-state index in [1.807, 2.05) is 12.1 Å². The van der Waals surface area contributed by atoms with Gasteiger partial charge in [0.05, 0.1) is 32.4 Å². The number of fused-ring (bicyclic) bond motifs is 1. The molecule has 0 N–H and O–H groups in total. The van der Waals surface area contributed by atoms with Gasteiger partial charge in [0.15, 0.2) is 0 Å². The Labute approximate surface area is 181 Å². The monoisotopic (exact) mass is 425 g/mol. The third-order valence-electron chi connectivity index (χ3n) is 5.11. The molecule has 0 aliphatic carbocycles. The van der Waals surface area contributed by atoms with Crippen LogP contribution >= 0.6 is 0 Å². The molecule has 0 radical (unpaired) electrons. The highest BCUT2D eigenvalue weighted by molar-refractivity contribution is 6.10. The van der Waals surface area contributed by atoms with Gasteiger partial charge in [-0.25, -0.2) is 4.79 Å². The Morgan fingerprint density at radius 2 is 1.81 bits per heavy atom. The molecule has 1 aliphatic heterocycles. The fourth-order valence-electron chi connectivity index (χ4n) is 3.51. The number of amides is 1. The molecule has 2 aromatic rings. The van der Waals surface area contributed by atoms with Gasteiger partial charge in [0.1, 0.15) is 5.75 Å². The first-order chi connectivity index (χ1) is 15.0. The van der Waals surface area contributed by atoms with Crippen LogP contribution in [-0.2, 0) is 20.8 Å². The van der Waals surface area contributed by atoms with Crippen LogP contribution in [0.15, 0.2) is 42.5 Å². The second-order valence-corrected chi connectivity index (χ2v) is 7.18. The van der Waals surface area contributed by atoms with Gasteiger partial charge in [-0.3, -0.25) is 9.59 Å². The number of nitrogens with zero attached hydrogens (tertiary/aromatic N) is 1. The van der Waals surface area contributed by atoms with Crippen LogP contribution in [-0.4, -0.2) is 38.2 Å². The van der Waals surface area contributed by atoms with Crippen molar-refractivity contribution in [3.05, 3.63) is 59.2 Å². The molecule has 0 fully saturated rings. The fourth-order valence-corrected chi connectivity index (χ4v) is 3.51. The lowest BCUT2D eigenvalue weighted by Gasteiger charge is -2.16. The molecule has 3 rings (SSSR count). The van der Waals surface area contributed by atoms with Gasteiger partial charge < -0.3 is 19.1 Å². The van der Waals surface area contributed by atoms with E-state index in [0.29, 0.717) is 48.7 Å². The van der Waals surface area contributed by atoms with Gasteiger partial charge in [0.25, 0.3) is 5.91 Å². The molecular formula is C24H27NO6. The number of hydrogen-bond acceptors (Lipinski definition) is 6. The molecule has 0 unspecified atom stereocenters. The van der Waals surface area contributed by atoms with Gasteiger partial charge in [0, 0.05) is 23.2 Å². The summed E-state index contributed by atoms with van der Waals surface area (Å²) in [5.41, 5.74) is 2.62. The molecule has 0 spiro atoms. The van der Waals surface area contributed by atoms with Gasteiger partial charge in [-0.15, -0.1) is 0 Å². The molecule has 1 amide bonds. The first-order valence-electron chi connectivity index (χ1n) is 10.5. The van der Waals surface area contributed by atoms with Crippen LogP contribution in [0.1, 0.15) is 58.9 Å². The largest absolute Gasteiger partial charge is 0.493 e. The molecule has 164 valence electrons. The van der Waals surface area contributed by atoms with Gasteiger partial charge in [0.2, 0.25) is 0 Å². The number of rotatable bonds is 10. The van der Waals surface area contributed by atoms with Crippen LogP contribution in [0.4, 0.5) is 5.69 Å². The fraction of sp³-hybridized carbons (Fsp3) is 0.375. The number of hydrogen-bond donors (Lipinski definition) is 0. The summed E-state index contributed by atoms with van der Waals surface area (Å²) in [5.74, 6) is 0.0219. The predicted octanol–water partition coefficient (Wildman–Crippen LogP) is 4.14. The van der Waals surface area contributed by atoms with E-state index in [0.717, 1.165) is 24.8 Å². The maximum absolute atomic E-state index is 12.9. The minimum Gasteiger partial charge on any atom is -0.493 e. The summed E-state index contributed by atoms with van der Waals surface area (Å²) in [6.45, 7) is 3.13. The zero-order valence-corrected chi connectivity index (χ0v) is 17.9. The average molecular weight is 425 g/mol. The lowest BCUT2D eigenvalue weighted by Crippen LogP contribution is -2.23. The minimum atomic E-state index is -0.416. The smallest absolute Gasteiger partial charge is 0.337 e. The van der Waals surface area contributed by atoms with Gasteiger partial charge in [-0.05, 0) is 62.6 Å². The Morgan fingerprint density at radius 3 is 2.52 bits per heavy atom. The Morgan fingerprint density at radius 1 is 1.03 bits per heavy atom. The topological polar surface area (TPSA) is 82.1 Å². The summed E-state index contributed by atoms with van der Waals surface area (Å²) in [6, 6.07) is 12.2. The van der Waals surface area contributed by atoms with Crippen molar-refractivity contribution < 1.29 is 28.6 Å². The van der Waals surface area contributed by atoms with Crippen LogP contribution in [0.3, 0.4) is 0 Å². The van der Waals surface area contributed by atoms with E-state index < -0.39 is 5.97 Å². The van der Waals surface area contributed by atoms with E-state index in [1.165, 1.54) is 7.11 Å². The number of unbranched alkanes of at least 4 members (excludes halogenated alkanes) is 2. The van der Waals surface area contributed by atoms with Crippen molar-refractivity contribution in [2.75, 3.05) is 25.2 Å². The minimum absolute atomic E-state index is 0.0966. The predicted molar refractivity (Wildman–Crippen MR) is 115 cm³/mol. The summed E-state index contributed by atoms with van der Waals surface area (Å²) in [4.78, 5) is 37.5. The molecule has 0 atom stereocenters. The highest BCUT2D eigenvalue weighted by Crippen LogP contribution is 2.34. The normalized spacial score (nSPS) is 12.5. The van der Waals surface area contributed by atoms with Crippen LogP contribution in [0, 0.1) is 0 Å². The first-order valence-corrected chi connectivity index (χ1v) is 10.5. The third-order valence-corrected chi connectivity index (χ3v) is 5.11. The summed E-state index contributed by atoms with van der Waals surface area (Å²) in [6.07, 6.45) is 2.87. The van der Waals surface area contributed by atoms with Crippen LogP contribution in [0.5, 0.6) is 5.75 Å². The maximum atomic E-state index is 12.9. The summed E-state index contributed by atoms with van der Waals surface area (Å²) < 4.78 is 15.6. The summed E-state index contributed by atoms with van der Waals surface area (Å²) in [5, 5.41) is 0. The van der Waals surface area contributed by atoms with E-state index in [1.54, 1.807) is 42.2 Å². The quantitative estimate of drug-likeness (QED) is 0.420. The second kappa shape index (κ2) is 10.6. The van der Waals surface area contributed by atoms with Crippen molar-refractivity contribution in [2.24, 2.45) is 0 Å². The van der Waals surface area contributed by atoms with Crippen molar-refractivity contribution in [3.63, 3.8) is 0 Å². The number of carbonyl (C=O) groups excluding carboxylic acids is 3. The number of benzene rings is 2. The number of esters is 2. The lowest BCUT2D eigenvalue weighted by atomic mass is 10.1. The zero-order valence-electron chi connectivity index (χ0n) is 17.9. The second-order valence-electron chi connectivity index (χ2n) is 7.18. The molecular weight excluding hydrogens is 398 g/mol. The molecule has 0 saturated heterocycles. The van der Waals surface area contributed by atoms with Crippen molar-refractivity contribution in [1.29, 1.82) is 0 Å². The SMILES string of the molecule is CCOC(=O)CCCCCOc1cccc2c1CN(c1ccc(C(=O)OC)cc1)C2=O. The molecule has 1 heterocycles. The Hall–Kier alpha value is -3.35. The van der Waals surface area contributed by atoms with Crippen molar-refractivity contribution in [2.45, 2.75) is 39.2 Å². The third kappa shape index (κ3) is 5.42. The van der Waals surface area contributed by atoms with Crippen LogP contribution in [0.2, 0.25) is 0 Å². The van der Waals surface area contributed by atoms with Gasteiger partial charge >= 0.3 is 11.9 Å². The molecule has 7 nitrogen and oxygen atoms in total. The van der Waals surface area contributed by atoms with Gasteiger partial charge in [-0.1, -0.05) is 6.07 Å². The highest BCUT2D eigenvalue weighted by Gasteiger charge is 2.31. The molecule has 31 heavy (non-hydrogen) atoms. The Bertz CT molecular complexity index is 938. The maximum Gasteiger partial charge on any atom is 0.337 e. The molecule has 0 aromatic heterocycles. The van der Waals surface area contributed by atoms with E-state index in [9.17, 15) is 14.4 Å². The molecule has 7 heteroatoms. The average Bonchev–Trinajstić information content (AvgIpc) is 3.13. The standard InChI is InChI=1S/C24H27NO6/c1-3-30-22(26)10-5-4-6-15-31-21-9-7-8-19-20(21)16-25(23(19)27)18-13-11-17(12-14-18)24(28)29-2/h7-9,11-14H,3-6,10,15-16H2,1-2H3. The molecule has 2 aromatic carbocycles. The summed E-state index contributed by atoms with van der Waals surface area (Å²) in [7, 11) is 1.33. The van der Waals surface area contributed by atoms with Crippen molar-refractivity contribution >= 4 is 23.5 Å². The van der Waals surface area contributed by atoms with E-state index in [2.05, 4.69) is 0 Å². The van der Waals surface area contributed by atoms with Crippen LogP contribution in [0.25, 0.3) is 0 Å².